The number of pyridine rings is 1. The minimum atomic E-state index is -0.524. The molecule has 10 heteroatoms. The lowest BCUT2D eigenvalue weighted by atomic mass is 10.2. The number of hydrogen-bond acceptors (Lipinski definition) is 7. The molecule has 0 aliphatic carbocycles. The van der Waals surface area contributed by atoms with Gasteiger partial charge in [-0.05, 0) is 24.3 Å². The molecule has 0 saturated heterocycles. The molecule has 0 fully saturated rings. The number of benzene rings is 1. The van der Waals surface area contributed by atoms with E-state index in [-0.39, 0.29) is 22.8 Å². The SMILES string of the molecule is CONC(=O)c1cnccc1Nc1nc(-c2cc(Cl)ccc2F)ncc1OC. The summed E-state index contributed by atoms with van der Waals surface area (Å²) < 4.78 is 19.4. The van der Waals surface area contributed by atoms with Crippen molar-refractivity contribution in [3.05, 3.63) is 59.3 Å². The van der Waals surface area contributed by atoms with Crippen molar-refractivity contribution >= 4 is 29.0 Å². The number of anilines is 2. The molecule has 1 amide bonds. The Kier molecular flexibility index (Phi) is 5.97. The van der Waals surface area contributed by atoms with Crippen molar-refractivity contribution in [1.82, 2.24) is 20.4 Å². The maximum atomic E-state index is 14.2. The van der Waals surface area contributed by atoms with Crippen LogP contribution in [0.4, 0.5) is 15.9 Å². The van der Waals surface area contributed by atoms with E-state index in [0.717, 1.165) is 0 Å². The second kappa shape index (κ2) is 8.59. The molecule has 0 spiro atoms. The number of rotatable bonds is 6. The number of amides is 1. The number of methoxy groups -OCH3 is 1. The summed E-state index contributed by atoms with van der Waals surface area (Å²) in [6, 6.07) is 5.66. The Morgan fingerprint density at radius 3 is 2.79 bits per heavy atom. The van der Waals surface area contributed by atoms with E-state index >= 15 is 0 Å². The van der Waals surface area contributed by atoms with Gasteiger partial charge in [-0.15, -0.1) is 0 Å². The van der Waals surface area contributed by atoms with Crippen LogP contribution >= 0.6 is 11.6 Å². The Balaban J connectivity index is 2.03. The summed E-state index contributed by atoms with van der Waals surface area (Å²) in [6.07, 6.45) is 4.25. The van der Waals surface area contributed by atoms with Crippen molar-refractivity contribution in [3.8, 4) is 17.1 Å². The number of carbonyl (C=O) groups excluding carboxylic acids is 1. The minimum Gasteiger partial charge on any atom is -0.491 e. The summed E-state index contributed by atoms with van der Waals surface area (Å²) in [5.41, 5.74) is 2.95. The second-order valence-corrected chi connectivity index (χ2v) is 5.85. The highest BCUT2D eigenvalue weighted by molar-refractivity contribution is 6.30. The number of halogens is 2. The van der Waals surface area contributed by atoms with Crippen LogP contribution in [0.5, 0.6) is 5.75 Å². The van der Waals surface area contributed by atoms with Gasteiger partial charge >= 0.3 is 0 Å². The minimum absolute atomic E-state index is 0.0975. The molecule has 0 radical (unpaired) electrons. The van der Waals surface area contributed by atoms with E-state index in [9.17, 15) is 9.18 Å². The fourth-order valence-corrected chi connectivity index (χ4v) is 2.54. The molecular weight excluding hydrogens is 389 g/mol. The lowest BCUT2D eigenvalue weighted by Crippen LogP contribution is -2.23. The molecule has 0 aliphatic heterocycles. The summed E-state index contributed by atoms with van der Waals surface area (Å²) in [4.78, 5) is 29.2. The third-order valence-corrected chi connectivity index (χ3v) is 3.89. The van der Waals surface area contributed by atoms with Crippen LogP contribution in [0, 0.1) is 5.82 Å². The molecule has 144 valence electrons. The van der Waals surface area contributed by atoms with Gasteiger partial charge in [-0.3, -0.25) is 14.6 Å². The van der Waals surface area contributed by atoms with Crippen molar-refractivity contribution in [2.24, 2.45) is 0 Å². The Morgan fingerprint density at radius 2 is 2.04 bits per heavy atom. The predicted molar refractivity (Wildman–Crippen MR) is 101 cm³/mol. The highest BCUT2D eigenvalue weighted by Crippen LogP contribution is 2.30. The van der Waals surface area contributed by atoms with Gasteiger partial charge in [0.15, 0.2) is 17.4 Å². The Hall–Kier alpha value is -3.30. The van der Waals surface area contributed by atoms with Crippen LogP contribution in [-0.2, 0) is 4.84 Å². The van der Waals surface area contributed by atoms with Gasteiger partial charge in [-0.2, -0.15) is 0 Å². The lowest BCUT2D eigenvalue weighted by molar-refractivity contribution is 0.0538. The first-order valence-electron chi connectivity index (χ1n) is 7.94. The summed E-state index contributed by atoms with van der Waals surface area (Å²) in [5, 5.41) is 3.33. The average Bonchev–Trinajstić information content (AvgIpc) is 2.70. The first-order chi connectivity index (χ1) is 13.5. The Morgan fingerprint density at radius 1 is 1.21 bits per heavy atom. The van der Waals surface area contributed by atoms with Crippen molar-refractivity contribution < 1.29 is 18.8 Å². The molecule has 8 nitrogen and oxygen atoms in total. The standard InChI is InChI=1S/C18H15ClFN5O3/c1-27-15-9-22-16(11-7-10(19)3-4-13(11)20)24-17(15)23-14-5-6-21-8-12(14)18(26)25-28-2/h3-9H,1-2H3,(H,25,26)(H,21,22,23,24). The lowest BCUT2D eigenvalue weighted by Gasteiger charge is -2.14. The van der Waals surface area contributed by atoms with Gasteiger partial charge in [0.2, 0.25) is 0 Å². The molecule has 3 rings (SSSR count). The maximum absolute atomic E-state index is 14.2. The number of aromatic nitrogens is 3. The highest BCUT2D eigenvalue weighted by Gasteiger charge is 2.17. The quantitative estimate of drug-likeness (QED) is 0.609. The first kappa shape index (κ1) is 19.5. The van der Waals surface area contributed by atoms with Crippen LogP contribution in [0.3, 0.4) is 0 Å². The van der Waals surface area contributed by atoms with E-state index in [4.69, 9.17) is 16.3 Å². The molecule has 0 atom stereocenters. The van der Waals surface area contributed by atoms with E-state index in [2.05, 4.69) is 30.6 Å². The second-order valence-electron chi connectivity index (χ2n) is 5.42. The third-order valence-electron chi connectivity index (χ3n) is 3.66. The van der Waals surface area contributed by atoms with Crippen LogP contribution in [-0.4, -0.2) is 35.1 Å². The fourth-order valence-electron chi connectivity index (χ4n) is 2.37. The Labute approximate surface area is 164 Å². The normalized spacial score (nSPS) is 10.4. The number of hydroxylamine groups is 1. The fraction of sp³-hybridized carbons (Fsp3) is 0.111. The summed E-state index contributed by atoms with van der Waals surface area (Å²) in [6.45, 7) is 0. The highest BCUT2D eigenvalue weighted by atomic mass is 35.5. The number of ether oxygens (including phenoxy) is 1. The zero-order chi connectivity index (χ0) is 20.1. The maximum Gasteiger partial charge on any atom is 0.278 e. The van der Waals surface area contributed by atoms with Gasteiger partial charge < -0.3 is 10.1 Å². The van der Waals surface area contributed by atoms with Crippen LogP contribution in [0.15, 0.2) is 42.9 Å². The summed E-state index contributed by atoms with van der Waals surface area (Å²) in [5.74, 6) is -0.414. The van der Waals surface area contributed by atoms with E-state index < -0.39 is 11.7 Å². The van der Waals surface area contributed by atoms with E-state index in [0.29, 0.717) is 16.5 Å². The van der Waals surface area contributed by atoms with Crippen molar-refractivity contribution in [2.45, 2.75) is 0 Å². The molecule has 0 saturated carbocycles. The molecule has 2 N–H and O–H groups in total. The predicted octanol–water partition coefficient (Wildman–Crippen LogP) is 3.37. The third kappa shape index (κ3) is 4.16. The zero-order valence-electron chi connectivity index (χ0n) is 14.9. The smallest absolute Gasteiger partial charge is 0.278 e. The van der Waals surface area contributed by atoms with Gasteiger partial charge in [0.1, 0.15) is 5.82 Å². The molecule has 28 heavy (non-hydrogen) atoms. The molecule has 2 aromatic heterocycles. The Bertz CT molecular complexity index is 1020. The molecule has 2 heterocycles. The van der Waals surface area contributed by atoms with Crippen molar-refractivity contribution in [2.75, 3.05) is 19.5 Å². The van der Waals surface area contributed by atoms with Crippen molar-refractivity contribution in [1.29, 1.82) is 0 Å². The van der Waals surface area contributed by atoms with Crippen LogP contribution in [0.2, 0.25) is 5.02 Å². The summed E-state index contributed by atoms with van der Waals surface area (Å²) in [7, 11) is 2.76. The first-order valence-corrected chi connectivity index (χ1v) is 8.32. The van der Waals surface area contributed by atoms with E-state index in [1.165, 1.54) is 51.0 Å². The number of nitrogens with one attached hydrogen (secondary N) is 2. The number of nitrogens with zero attached hydrogens (tertiary/aromatic N) is 3. The van der Waals surface area contributed by atoms with Crippen molar-refractivity contribution in [3.63, 3.8) is 0 Å². The monoisotopic (exact) mass is 403 g/mol. The van der Waals surface area contributed by atoms with Crippen LogP contribution < -0.4 is 15.5 Å². The van der Waals surface area contributed by atoms with Gasteiger partial charge in [-0.25, -0.2) is 19.8 Å². The molecule has 0 bridgehead atoms. The van der Waals surface area contributed by atoms with Gasteiger partial charge in [-0.1, -0.05) is 11.6 Å². The number of carbonyl (C=O) groups is 1. The molecule has 0 aliphatic rings. The number of hydrogen-bond donors (Lipinski definition) is 2. The van der Waals surface area contributed by atoms with E-state index in [1.54, 1.807) is 6.07 Å². The molecule has 3 aromatic rings. The molecule has 1 aromatic carbocycles. The molecule has 0 unspecified atom stereocenters. The van der Waals surface area contributed by atoms with Gasteiger partial charge in [0.25, 0.3) is 5.91 Å². The van der Waals surface area contributed by atoms with Gasteiger partial charge in [0, 0.05) is 17.4 Å². The zero-order valence-corrected chi connectivity index (χ0v) is 15.6. The van der Waals surface area contributed by atoms with Crippen LogP contribution in [0.1, 0.15) is 10.4 Å². The van der Waals surface area contributed by atoms with E-state index in [1.807, 2.05) is 0 Å². The topological polar surface area (TPSA) is 98.3 Å². The molecular formula is C18H15ClFN5O3. The summed E-state index contributed by atoms with van der Waals surface area (Å²) >= 11 is 5.95. The van der Waals surface area contributed by atoms with Gasteiger partial charge in [0.05, 0.1) is 37.2 Å². The van der Waals surface area contributed by atoms with Crippen LogP contribution in [0.25, 0.3) is 11.4 Å². The average molecular weight is 404 g/mol. The largest absolute Gasteiger partial charge is 0.491 e.